The van der Waals surface area contributed by atoms with Crippen molar-refractivity contribution in [3.05, 3.63) is 0 Å². The highest BCUT2D eigenvalue weighted by atomic mass is 16.2. The van der Waals surface area contributed by atoms with Gasteiger partial charge in [-0.3, -0.25) is 4.79 Å². The highest BCUT2D eigenvalue weighted by Crippen LogP contribution is 2.27. The number of nitrogens with zero attached hydrogens (tertiary/aromatic N) is 1. The van der Waals surface area contributed by atoms with Crippen molar-refractivity contribution in [3.63, 3.8) is 0 Å². The van der Waals surface area contributed by atoms with Gasteiger partial charge in [0.1, 0.15) is 0 Å². The molecule has 16 heavy (non-hydrogen) atoms. The molecule has 1 saturated heterocycles. The lowest BCUT2D eigenvalue weighted by molar-refractivity contribution is -0.139. The maximum absolute atomic E-state index is 12.3. The molecule has 0 bridgehead atoms. The lowest BCUT2D eigenvalue weighted by Crippen LogP contribution is -2.52. The van der Waals surface area contributed by atoms with E-state index < -0.39 is 0 Å². The highest BCUT2D eigenvalue weighted by Gasteiger charge is 2.32. The van der Waals surface area contributed by atoms with Crippen molar-refractivity contribution in [1.29, 1.82) is 0 Å². The molecule has 0 saturated carbocycles. The molecule has 2 unspecified atom stereocenters. The number of rotatable bonds is 2. The summed E-state index contributed by atoms with van der Waals surface area (Å²) in [7, 11) is 0. The van der Waals surface area contributed by atoms with Gasteiger partial charge in [0.25, 0.3) is 0 Å². The quantitative estimate of drug-likeness (QED) is 0.784. The minimum atomic E-state index is 0.0629. The van der Waals surface area contributed by atoms with Crippen LogP contribution in [0, 0.1) is 5.41 Å². The number of hydrogen-bond donors (Lipinski definition) is 1. The van der Waals surface area contributed by atoms with Crippen molar-refractivity contribution < 1.29 is 4.79 Å². The molecular formula is C13H26N2O. The molecule has 1 heterocycles. The second-order valence-corrected chi connectivity index (χ2v) is 6.21. The van der Waals surface area contributed by atoms with E-state index in [1.165, 1.54) is 6.42 Å². The van der Waals surface area contributed by atoms with Crippen LogP contribution in [0.4, 0.5) is 0 Å². The molecule has 2 atom stereocenters. The van der Waals surface area contributed by atoms with Crippen LogP contribution in [0.25, 0.3) is 0 Å². The van der Waals surface area contributed by atoms with Crippen molar-refractivity contribution in [3.8, 4) is 0 Å². The summed E-state index contributed by atoms with van der Waals surface area (Å²) in [5.41, 5.74) is 5.83. The zero-order valence-electron chi connectivity index (χ0n) is 11.1. The van der Waals surface area contributed by atoms with Crippen LogP contribution in [-0.2, 0) is 4.79 Å². The third-order valence-electron chi connectivity index (χ3n) is 3.27. The molecule has 0 aliphatic carbocycles. The maximum atomic E-state index is 12.3. The fourth-order valence-electron chi connectivity index (χ4n) is 2.51. The van der Waals surface area contributed by atoms with Crippen LogP contribution in [0.2, 0.25) is 0 Å². The van der Waals surface area contributed by atoms with Gasteiger partial charge in [0.2, 0.25) is 5.91 Å². The highest BCUT2D eigenvalue weighted by molar-refractivity contribution is 5.77. The van der Waals surface area contributed by atoms with Gasteiger partial charge in [-0.05, 0) is 31.6 Å². The molecule has 1 rings (SSSR count). The number of likely N-dealkylation sites (tertiary alicyclic amines) is 1. The van der Waals surface area contributed by atoms with Gasteiger partial charge in [-0.25, -0.2) is 0 Å². The molecule has 2 N–H and O–H groups in total. The smallest absolute Gasteiger partial charge is 0.223 e. The molecule has 94 valence electrons. The third kappa shape index (κ3) is 3.48. The lowest BCUT2D eigenvalue weighted by atomic mass is 9.89. The zero-order valence-corrected chi connectivity index (χ0v) is 11.1. The van der Waals surface area contributed by atoms with E-state index in [-0.39, 0.29) is 17.4 Å². The number of amides is 1. The van der Waals surface area contributed by atoms with Crippen LogP contribution in [-0.4, -0.2) is 29.4 Å². The van der Waals surface area contributed by atoms with Crippen LogP contribution in [0.15, 0.2) is 0 Å². The first-order chi connectivity index (χ1) is 7.35. The molecule has 0 aromatic heterocycles. The Morgan fingerprint density at radius 2 is 2.00 bits per heavy atom. The Hall–Kier alpha value is -0.570. The molecule has 3 nitrogen and oxygen atoms in total. The molecule has 1 fully saturated rings. The van der Waals surface area contributed by atoms with Gasteiger partial charge < -0.3 is 10.6 Å². The number of hydrogen-bond acceptors (Lipinski definition) is 2. The van der Waals surface area contributed by atoms with Crippen molar-refractivity contribution >= 4 is 5.91 Å². The lowest BCUT2D eigenvalue weighted by Gasteiger charge is -2.41. The predicted octanol–water partition coefficient (Wildman–Crippen LogP) is 2.15. The summed E-state index contributed by atoms with van der Waals surface area (Å²) in [6, 6.07) is 0.621. The molecule has 0 aromatic carbocycles. The van der Waals surface area contributed by atoms with E-state index in [1.807, 2.05) is 4.90 Å². The fraction of sp³-hybridized carbons (Fsp3) is 0.923. The van der Waals surface area contributed by atoms with Crippen molar-refractivity contribution in [1.82, 2.24) is 4.90 Å². The average Bonchev–Trinajstić information content (AvgIpc) is 2.14. The van der Waals surface area contributed by atoms with E-state index in [1.54, 1.807) is 0 Å². The number of piperidine rings is 1. The van der Waals surface area contributed by atoms with E-state index in [4.69, 9.17) is 5.73 Å². The van der Waals surface area contributed by atoms with Gasteiger partial charge in [0.05, 0.1) is 0 Å². The Balaban J connectivity index is 2.70. The first kappa shape index (κ1) is 13.5. The number of carbonyl (C=O) groups is 1. The molecule has 3 heteroatoms. The van der Waals surface area contributed by atoms with E-state index in [0.29, 0.717) is 19.0 Å². The van der Waals surface area contributed by atoms with Gasteiger partial charge in [0, 0.05) is 25.0 Å². The normalized spacial score (nSPS) is 26.9. The van der Waals surface area contributed by atoms with Crippen LogP contribution in [0.1, 0.15) is 53.4 Å². The largest absolute Gasteiger partial charge is 0.336 e. The van der Waals surface area contributed by atoms with Crippen molar-refractivity contribution in [2.24, 2.45) is 11.1 Å². The van der Waals surface area contributed by atoms with Crippen LogP contribution >= 0.6 is 0 Å². The van der Waals surface area contributed by atoms with E-state index >= 15 is 0 Å². The summed E-state index contributed by atoms with van der Waals surface area (Å²) in [5, 5.41) is 0. The predicted molar refractivity (Wildman–Crippen MR) is 67.1 cm³/mol. The first-order valence-electron chi connectivity index (χ1n) is 6.36. The summed E-state index contributed by atoms with van der Waals surface area (Å²) in [6.07, 6.45) is 4.00. The summed E-state index contributed by atoms with van der Waals surface area (Å²) in [6.45, 7) is 9.06. The zero-order chi connectivity index (χ0) is 12.3. The van der Waals surface area contributed by atoms with E-state index in [2.05, 4.69) is 27.7 Å². The molecular weight excluding hydrogens is 200 g/mol. The van der Waals surface area contributed by atoms with Crippen LogP contribution < -0.4 is 5.73 Å². The summed E-state index contributed by atoms with van der Waals surface area (Å²) < 4.78 is 0. The molecule has 1 amide bonds. The SMILES string of the molecule is CC1CCCC(CN)N1C(=O)CC(C)(C)C. The fourth-order valence-corrected chi connectivity index (χ4v) is 2.51. The van der Waals surface area contributed by atoms with Gasteiger partial charge in [-0.2, -0.15) is 0 Å². The Bertz CT molecular complexity index is 245. The molecule has 1 aliphatic rings. The molecule has 0 radical (unpaired) electrons. The second kappa shape index (κ2) is 5.17. The van der Waals surface area contributed by atoms with Crippen LogP contribution in [0.3, 0.4) is 0 Å². The topological polar surface area (TPSA) is 46.3 Å². The van der Waals surface area contributed by atoms with Gasteiger partial charge in [-0.1, -0.05) is 20.8 Å². The molecule has 0 aromatic rings. The summed E-state index contributed by atoms with van der Waals surface area (Å²) >= 11 is 0. The Morgan fingerprint density at radius 1 is 1.38 bits per heavy atom. The Labute approximate surface area is 99.4 Å². The maximum Gasteiger partial charge on any atom is 0.223 e. The molecule has 1 aliphatic heterocycles. The summed E-state index contributed by atoms with van der Waals surface area (Å²) in [5.74, 6) is 0.273. The van der Waals surface area contributed by atoms with Crippen molar-refractivity contribution in [2.75, 3.05) is 6.54 Å². The Kier molecular flexibility index (Phi) is 4.36. The van der Waals surface area contributed by atoms with Gasteiger partial charge in [-0.15, -0.1) is 0 Å². The minimum Gasteiger partial charge on any atom is -0.336 e. The standard InChI is InChI=1S/C13H26N2O/c1-10-6-5-7-11(9-14)15(10)12(16)8-13(2,3)4/h10-11H,5-9,14H2,1-4H3. The third-order valence-corrected chi connectivity index (χ3v) is 3.27. The number of nitrogens with two attached hydrogens (primary N) is 1. The second-order valence-electron chi connectivity index (χ2n) is 6.21. The van der Waals surface area contributed by atoms with E-state index in [9.17, 15) is 4.79 Å². The van der Waals surface area contributed by atoms with Gasteiger partial charge >= 0.3 is 0 Å². The molecule has 0 spiro atoms. The average molecular weight is 226 g/mol. The van der Waals surface area contributed by atoms with Crippen molar-refractivity contribution in [2.45, 2.75) is 65.5 Å². The van der Waals surface area contributed by atoms with Crippen LogP contribution in [0.5, 0.6) is 0 Å². The Morgan fingerprint density at radius 3 is 2.50 bits per heavy atom. The number of carbonyl (C=O) groups excluding carboxylic acids is 1. The first-order valence-corrected chi connectivity index (χ1v) is 6.36. The van der Waals surface area contributed by atoms with E-state index in [0.717, 1.165) is 12.8 Å². The monoisotopic (exact) mass is 226 g/mol. The minimum absolute atomic E-state index is 0.0629. The summed E-state index contributed by atoms with van der Waals surface area (Å²) in [4.78, 5) is 14.3. The van der Waals surface area contributed by atoms with Gasteiger partial charge in [0.15, 0.2) is 0 Å².